The summed E-state index contributed by atoms with van der Waals surface area (Å²) >= 11 is 6.45. The summed E-state index contributed by atoms with van der Waals surface area (Å²) in [7, 11) is 0. The second kappa shape index (κ2) is 10.1. The Morgan fingerprint density at radius 2 is 1.71 bits per heavy atom. The zero-order chi connectivity index (χ0) is 20.3. The number of hydrogen-bond acceptors (Lipinski definition) is 3. The van der Waals surface area contributed by atoms with Gasteiger partial charge >= 0.3 is 0 Å². The average Bonchev–Trinajstić information content (AvgIpc) is 2.63. The maximum atomic E-state index is 12.4. The van der Waals surface area contributed by atoms with Gasteiger partial charge in [-0.05, 0) is 117 Å². The number of rotatable bonds is 5. The van der Waals surface area contributed by atoms with E-state index in [0.717, 1.165) is 40.4 Å². The summed E-state index contributed by atoms with van der Waals surface area (Å²) in [6, 6.07) is 8.01. The number of phenolic OH excluding ortho intramolecular Hbond substituents is 1. The second-order valence-corrected chi connectivity index (χ2v) is 10.6. The standard InChI is InChI=1S/C21H22I3NO3/c1-12-7-13(9-19(26)25-14-5-3-2-4-6-14)8-18(24)21(12)28-15-10-16(22)20(27)17(23)11-15/h7-8,10-11,14,27H,2-6,9H2,1H3,(H,25,26). The van der Waals surface area contributed by atoms with Gasteiger partial charge in [-0.15, -0.1) is 0 Å². The average molecular weight is 717 g/mol. The first-order chi connectivity index (χ1) is 13.3. The summed E-state index contributed by atoms with van der Waals surface area (Å²) in [5.74, 6) is 1.85. The maximum Gasteiger partial charge on any atom is 0.224 e. The lowest BCUT2D eigenvalue weighted by atomic mass is 9.95. The van der Waals surface area contributed by atoms with Crippen LogP contribution in [0.4, 0.5) is 0 Å². The molecule has 2 aromatic carbocycles. The molecule has 0 heterocycles. The first-order valence-electron chi connectivity index (χ1n) is 9.27. The van der Waals surface area contributed by atoms with Crippen molar-refractivity contribution in [1.29, 1.82) is 0 Å². The third kappa shape index (κ3) is 5.87. The Morgan fingerprint density at radius 1 is 1.07 bits per heavy atom. The fourth-order valence-corrected chi connectivity index (χ4v) is 6.11. The van der Waals surface area contributed by atoms with Crippen molar-refractivity contribution in [3.63, 3.8) is 0 Å². The van der Waals surface area contributed by atoms with Crippen molar-refractivity contribution in [3.8, 4) is 17.2 Å². The van der Waals surface area contributed by atoms with Crippen LogP contribution < -0.4 is 10.1 Å². The molecule has 28 heavy (non-hydrogen) atoms. The van der Waals surface area contributed by atoms with E-state index >= 15 is 0 Å². The predicted octanol–water partition coefficient (Wildman–Crippen LogP) is 6.30. The van der Waals surface area contributed by atoms with Crippen LogP contribution >= 0.6 is 67.8 Å². The molecule has 3 rings (SSSR count). The molecule has 0 aromatic heterocycles. The fraction of sp³-hybridized carbons (Fsp3) is 0.381. The Morgan fingerprint density at radius 3 is 2.32 bits per heavy atom. The summed E-state index contributed by atoms with van der Waals surface area (Å²) < 4.78 is 8.58. The van der Waals surface area contributed by atoms with Crippen LogP contribution in [-0.4, -0.2) is 17.1 Å². The Bertz CT molecular complexity index is 833. The van der Waals surface area contributed by atoms with Crippen LogP contribution in [0.3, 0.4) is 0 Å². The zero-order valence-electron chi connectivity index (χ0n) is 15.5. The van der Waals surface area contributed by atoms with Gasteiger partial charge in [0.1, 0.15) is 17.2 Å². The highest BCUT2D eigenvalue weighted by Gasteiger charge is 2.17. The molecule has 4 nitrogen and oxygen atoms in total. The summed E-state index contributed by atoms with van der Waals surface area (Å²) in [4.78, 5) is 12.4. The van der Waals surface area contributed by atoms with Crippen LogP contribution in [-0.2, 0) is 11.2 Å². The van der Waals surface area contributed by atoms with Crippen LogP contribution in [0.15, 0.2) is 24.3 Å². The van der Waals surface area contributed by atoms with Gasteiger partial charge in [0.25, 0.3) is 0 Å². The Balaban J connectivity index is 1.71. The zero-order valence-corrected chi connectivity index (χ0v) is 22.0. The lowest BCUT2D eigenvalue weighted by molar-refractivity contribution is -0.121. The Labute approximate surface area is 206 Å². The van der Waals surface area contributed by atoms with Crippen LogP contribution in [0.1, 0.15) is 43.2 Å². The molecule has 1 aliphatic rings. The van der Waals surface area contributed by atoms with E-state index in [4.69, 9.17) is 4.74 Å². The number of ether oxygens (including phenoxy) is 1. The van der Waals surface area contributed by atoms with Gasteiger partial charge in [0, 0.05) is 6.04 Å². The molecular formula is C21H22I3NO3. The van der Waals surface area contributed by atoms with Crippen molar-refractivity contribution in [1.82, 2.24) is 5.32 Å². The number of halogens is 3. The van der Waals surface area contributed by atoms with E-state index in [0.29, 0.717) is 18.2 Å². The SMILES string of the molecule is Cc1cc(CC(=O)NC2CCCCC2)cc(I)c1Oc1cc(I)c(O)c(I)c1. The molecule has 7 heteroatoms. The fourth-order valence-electron chi connectivity index (χ4n) is 3.46. The number of carbonyl (C=O) groups excluding carboxylic acids is 1. The molecule has 150 valence electrons. The molecule has 0 unspecified atom stereocenters. The van der Waals surface area contributed by atoms with Crippen molar-refractivity contribution in [2.24, 2.45) is 0 Å². The van der Waals surface area contributed by atoms with Crippen molar-refractivity contribution < 1.29 is 14.6 Å². The van der Waals surface area contributed by atoms with Gasteiger partial charge < -0.3 is 15.2 Å². The second-order valence-electron chi connectivity index (χ2n) is 7.14. The van der Waals surface area contributed by atoms with Crippen molar-refractivity contribution >= 4 is 73.7 Å². The molecule has 1 saturated carbocycles. The van der Waals surface area contributed by atoms with Gasteiger partial charge in [0.15, 0.2) is 0 Å². The van der Waals surface area contributed by atoms with Gasteiger partial charge in [-0.25, -0.2) is 0 Å². The van der Waals surface area contributed by atoms with Gasteiger partial charge in [0.05, 0.1) is 17.1 Å². The molecule has 0 aliphatic heterocycles. The number of aryl methyl sites for hydroxylation is 1. The lowest BCUT2D eigenvalue weighted by Crippen LogP contribution is -2.37. The lowest BCUT2D eigenvalue weighted by Gasteiger charge is -2.23. The van der Waals surface area contributed by atoms with E-state index in [1.165, 1.54) is 19.3 Å². The van der Waals surface area contributed by atoms with E-state index in [-0.39, 0.29) is 11.7 Å². The number of carbonyl (C=O) groups is 1. The highest BCUT2D eigenvalue weighted by molar-refractivity contribution is 14.1. The van der Waals surface area contributed by atoms with Crippen molar-refractivity contribution in [3.05, 3.63) is 46.1 Å². The molecule has 1 amide bonds. The number of amides is 1. The molecule has 0 saturated heterocycles. The van der Waals surface area contributed by atoms with Crippen LogP contribution in [0.25, 0.3) is 0 Å². The molecule has 2 aromatic rings. The summed E-state index contributed by atoms with van der Waals surface area (Å²) in [6.45, 7) is 2.00. The highest BCUT2D eigenvalue weighted by Crippen LogP contribution is 2.36. The quantitative estimate of drug-likeness (QED) is 0.358. The van der Waals surface area contributed by atoms with E-state index in [9.17, 15) is 9.90 Å². The van der Waals surface area contributed by atoms with Crippen LogP contribution in [0, 0.1) is 17.6 Å². The number of phenols is 1. The molecule has 0 atom stereocenters. The minimum Gasteiger partial charge on any atom is -0.506 e. The first kappa shape index (κ1) is 22.4. The van der Waals surface area contributed by atoms with Crippen LogP contribution in [0.5, 0.6) is 17.2 Å². The number of nitrogens with one attached hydrogen (secondary N) is 1. The summed E-state index contributed by atoms with van der Waals surface area (Å²) in [5, 5.41) is 13.1. The van der Waals surface area contributed by atoms with Crippen molar-refractivity contribution in [2.75, 3.05) is 0 Å². The van der Waals surface area contributed by atoms with Gasteiger partial charge in [0.2, 0.25) is 5.91 Å². The van der Waals surface area contributed by atoms with Gasteiger partial charge in [-0.1, -0.05) is 25.3 Å². The third-order valence-electron chi connectivity index (χ3n) is 4.83. The minimum absolute atomic E-state index is 0.0958. The number of hydrogen-bond donors (Lipinski definition) is 2. The molecule has 1 aliphatic carbocycles. The minimum atomic E-state index is 0.0958. The smallest absolute Gasteiger partial charge is 0.224 e. The van der Waals surface area contributed by atoms with Crippen LogP contribution in [0.2, 0.25) is 0 Å². The number of aromatic hydroxyl groups is 1. The first-order valence-corrected chi connectivity index (χ1v) is 12.5. The molecule has 2 N–H and O–H groups in total. The van der Waals surface area contributed by atoms with Crippen molar-refractivity contribution in [2.45, 2.75) is 51.5 Å². The molecule has 0 radical (unpaired) electrons. The summed E-state index contributed by atoms with van der Waals surface area (Å²) in [6.07, 6.45) is 6.29. The monoisotopic (exact) mass is 717 g/mol. The normalized spacial score (nSPS) is 14.7. The highest BCUT2D eigenvalue weighted by atomic mass is 127. The Kier molecular flexibility index (Phi) is 8.11. The number of benzene rings is 2. The molecule has 0 spiro atoms. The Hall–Kier alpha value is -0.300. The third-order valence-corrected chi connectivity index (χ3v) is 7.28. The van der Waals surface area contributed by atoms with Gasteiger partial charge in [-0.3, -0.25) is 4.79 Å². The van der Waals surface area contributed by atoms with E-state index < -0.39 is 0 Å². The predicted molar refractivity (Wildman–Crippen MR) is 136 cm³/mol. The van der Waals surface area contributed by atoms with E-state index in [1.54, 1.807) is 0 Å². The molecule has 0 bridgehead atoms. The molecule has 1 fully saturated rings. The largest absolute Gasteiger partial charge is 0.506 e. The van der Waals surface area contributed by atoms with E-state index in [2.05, 4.69) is 73.1 Å². The van der Waals surface area contributed by atoms with Gasteiger partial charge in [-0.2, -0.15) is 0 Å². The molecular weight excluding hydrogens is 695 g/mol. The summed E-state index contributed by atoms with van der Waals surface area (Å²) in [5.41, 5.74) is 1.99. The van der Waals surface area contributed by atoms with E-state index in [1.807, 2.05) is 31.2 Å². The maximum absolute atomic E-state index is 12.4. The topological polar surface area (TPSA) is 58.6 Å².